The van der Waals surface area contributed by atoms with Gasteiger partial charge in [0.05, 0.1) is 15.6 Å². The number of carbonyl (C=O) groups excluding carboxylic acids is 1. The number of ether oxygens (including phenoxy) is 1. The highest BCUT2D eigenvalue weighted by molar-refractivity contribution is 6.33. The Morgan fingerprint density at radius 3 is 2.62 bits per heavy atom. The number of nitrogens with one attached hydrogen (secondary N) is 1. The highest BCUT2D eigenvalue weighted by Gasteiger charge is 2.22. The van der Waals surface area contributed by atoms with Crippen molar-refractivity contribution in [2.75, 3.05) is 5.32 Å². The van der Waals surface area contributed by atoms with Gasteiger partial charge in [0.25, 0.3) is 5.91 Å². The predicted molar refractivity (Wildman–Crippen MR) is 88.2 cm³/mol. The van der Waals surface area contributed by atoms with Gasteiger partial charge in [-0.2, -0.15) is 0 Å². The molecular weight excluding hydrogens is 362 g/mol. The van der Waals surface area contributed by atoms with Crippen LogP contribution in [0.3, 0.4) is 0 Å². The van der Waals surface area contributed by atoms with Crippen molar-refractivity contribution in [2.45, 2.75) is 13.0 Å². The molecule has 0 spiro atoms. The number of halogens is 3. The monoisotopic (exact) mass is 372 g/mol. The van der Waals surface area contributed by atoms with E-state index in [1.54, 1.807) is 0 Å². The molecule has 0 aliphatic rings. The fraction of sp³-hybridized carbons (Fsp3) is 0.133. The first-order valence-electron chi connectivity index (χ1n) is 6.64. The molecule has 0 heterocycles. The molecule has 24 heavy (non-hydrogen) atoms. The smallest absolute Gasteiger partial charge is 0.312 e. The van der Waals surface area contributed by atoms with E-state index >= 15 is 0 Å². The molecule has 1 amide bonds. The van der Waals surface area contributed by atoms with Crippen molar-refractivity contribution >= 4 is 40.5 Å². The van der Waals surface area contributed by atoms with E-state index in [2.05, 4.69) is 5.32 Å². The van der Waals surface area contributed by atoms with Crippen molar-refractivity contribution in [1.82, 2.24) is 0 Å². The third-order valence-corrected chi connectivity index (χ3v) is 3.53. The lowest BCUT2D eigenvalue weighted by Crippen LogP contribution is -2.30. The fourth-order valence-corrected chi connectivity index (χ4v) is 2.18. The Hall–Kier alpha value is -2.38. The van der Waals surface area contributed by atoms with Gasteiger partial charge in [-0.3, -0.25) is 14.9 Å². The average Bonchev–Trinajstić information content (AvgIpc) is 2.51. The van der Waals surface area contributed by atoms with Crippen LogP contribution in [0.25, 0.3) is 0 Å². The largest absolute Gasteiger partial charge is 0.474 e. The Morgan fingerprint density at radius 1 is 1.29 bits per heavy atom. The quantitative estimate of drug-likeness (QED) is 0.620. The van der Waals surface area contributed by atoms with Crippen LogP contribution in [-0.4, -0.2) is 16.9 Å². The van der Waals surface area contributed by atoms with Crippen molar-refractivity contribution in [3.8, 4) is 5.75 Å². The van der Waals surface area contributed by atoms with Crippen LogP contribution in [0.4, 0.5) is 15.8 Å². The third-order valence-electron chi connectivity index (χ3n) is 2.98. The molecule has 2 rings (SSSR count). The number of rotatable bonds is 5. The van der Waals surface area contributed by atoms with Gasteiger partial charge >= 0.3 is 5.69 Å². The van der Waals surface area contributed by atoms with Crippen molar-refractivity contribution < 1.29 is 18.8 Å². The SMILES string of the molecule is C[C@@H](Oc1ccc(Cl)cc1[N+](=O)[O-])C(=O)Nc1ccc(F)cc1Cl. The second-order valence-electron chi connectivity index (χ2n) is 4.74. The maximum Gasteiger partial charge on any atom is 0.312 e. The molecule has 9 heteroatoms. The summed E-state index contributed by atoms with van der Waals surface area (Å²) < 4.78 is 18.3. The van der Waals surface area contributed by atoms with Crippen LogP contribution < -0.4 is 10.1 Å². The molecule has 0 radical (unpaired) electrons. The van der Waals surface area contributed by atoms with E-state index in [1.165, 1.54) is 25.1 Å². The standard InChI is InChI=1S/C15H11Cl2FN2O4/c1-8(15(21)19-12-4-3-10(18)7-11(12)17)24-14-5-2-9(16)6-13(14)20(22)23/h2-8H,1H3,(H,19,21)/t8-/m1/s1. The third kappa shape index (κ3) is 4.33. The van der Waals surface area contributed by atoms with Crippen LogP contribution in [-0.2, 0) is 4.79 Å². The molecule has 0 bridgehead atoms. The van der Waals surface area contributed by atoms with E-state index in [0.29, 0.717) is 0 Å². The van der Waals surface area contributed by atoms with E-state index in [9.17, 15) is 19.3 Å². The highest BCUT2D eigenvalue weighted by atomic mass is 35.5. The summed E-state index contributed by atoms with van der Waals surface area (Å²) in [6.45, 7) is 1.41. The minimum absolute atomic E-state index is 0.0213. The molecule has 0 aromatic heterocycles. The molecule has 1 atom stereocenters. The van der Waals surface area contributed by atoms with Crippen LogP contribution in [0.2, 0.25) is 10.0 Å². The van der Waals surface area contributed by atoms with E-state index in [-0.39, 0.29) is 27.2 Å². The molecule has 1 N–H and O–H groups in total. The summed E-state index contributed by atoms with van der Waals surface area (Å²) in [6.07, 6.45) is -1.06. The number of nitro groups is 1. The summed E-state index contributed by atoms with van der Waals surface area (Å²) in [5, 5.41) is 13.7. The molecule has 0 aliphatic heterocycles. The second-order valence-corrected chi connectivity index (χ2v) is 5.59. The number of hydrogen-bond donors (Lipinski definition) is 1. The van der Waals surface area contributed by atoms with Gasteiger partial charge in [0, 0.05) is 11.1 Å². The topological polar surface area (TPSA) is 81.5 Å². The zero-order chi connectivity index (χ0) is 17.9. The number of nitrogens with zero attached hydrogens (tertiary/aromatic N) is 1. The number of nitro benzene ring substituents is 1. The second kappa shape index (κ2) is 7.46. The zero-order valence-electron chi connectivity index (χ0n) is 12.3. The van der Waals surface area contributed by atoms with Gasteiger partial charge in [-0.25, -0.2) is 4.39 Å². The lowest BCUT2D eigenvalue weighted by molar-refractivity contribution is -0.386. The normalized spacial score (nSPS) is 11.7. The van der Waals surface area contributed by atoms with Crippen LogP contribution >= 0.6 is 23.2 Å². The van der Waals surface area contributed by atoms with Gasteiger partial charge in [0.15, 0.2) is 11.9 Å². The zero-order valence-corrected chi connectivity index (χ0v) is 13.8. The summed E-state index contributed by atoms with van der Waals surface area (Å²) in [5.74, 6) is -1.25. The summed E-state index contributed by atoms with van der Waals surface area (Å²) in [7, 11) is 0. The fourth-order valence-electron chi connectivity index (χ4n) is 1.80. The Kier molecular flexibility index (Phi) is 5.58. The molecule has 6 nitrogen and oxygen atoms in total. The van der Waals surface area contributed by atoms with Gasteiger partial charge in [-0.1, -0.05) is 23.2 Å². The van der Waals surface area contributed by atoms with E-state index in [4.69, 9.17) is 27.9 Å². The van der Waals surface area contributed by atoms with Crippen molar-refractivity contribution in [1.29, 1.82) is 0 Å². The van der Waals surface area contributed by atoms with Crippen LogP contribution in [0, 0.1) is 15.9 Å². The Balaban J connectivity index is 2.13. The van der Waals surface area contributed by atoms with Crippen LogP contribution in [0.15, 0.2) is 36.4 Å². The summed E-state index contributed by atoms with van der Waals surface area (Å²) >= 11 is 11.5. The Morgan fingerprint density at radius 2 is 2.00 bits per heavy atom. The number of benzene rings is 2. The van der Waals surface area contributed by atoms with E-state index in [0.717, 1.165) is 18.2 Å². The Bertz CT molecular complexity index is 801. The first-order valence-corrected chi connectivity index (χ1v) is 7.40. The molecule has 0 unspecified atom stereocenters. The van der Waals surface area contributed by atoms with Gasteiger partial charge in [0.2, 0.25) is 0 Å². The molecule has 126 valence electrons. The molecule has 2 aromatic carbocycles. The first-order chi connectivity index (χ1) is 11.3. The van der Waals surface area contributed by atoms with Crippen molar-refractivity contribution in [2.24, 2.45) is 0 Å². The molecule has 2 aromatic rings. The predicted octanol–water partition coefficient (Wildman–Crippen LogP) is 4.45. The molecule has 0 aliphatic carbocycles. The molecule has 0 saturated carbocycles. The van der Waals surface area contributed by atoms with Gasteiger partial charge in [-0.05, 0) is 37.3 Å². The first kappa shape index (κ1) is 18.0. The van der Waals surface area contributed by atoms with E-state index in [1.807, 2.05) is 0 Å². The minimum atomic E-state index is -1.06. The number of hydrogen-bond acceptors (Lipinski definition) is 4. The summed E-state index contributed by atoms with van der Waals surface area (Å²) in [5.41, 5.74) is -0.161. The lowest BCUT2D eigenvalue weighted by atomic mass is 10.2. The molecule has 0 fully saturated rings. The van der Waals surface area contributed by atoms with Gasteiger partial charge < -0.3 is 10.1 Å². The average molecular weight is 373 g/mol. The van der Waals surface area contributed by atoms with Gasteiger partial charge in [0.1, 0.15) is 5.82 Å². The molecular formula is C15H11Cl2FN2O4. The Labute approximate surface area is 146 Å². The number of amides is 1. The lowest BCUT2D eigenvalue weighted by Gasteiger charge is -2.15. The minimum Gasteiger partial charge on any atom is -0.474 e. The molecule has 0 saturated heterocycles. The summed E-state index contributed by atoms with van der Waals surface area (Å²) in [4.78, 5) is 22.5. The number of anilines is 1. The van der Waals surface area contributed by atoms with Crippen molar-refractivity contribution in [3.05, 3.63) is 62.4 Å². The maximum absolute atomic E-state index is 13.0. The van der Waals surface area contributed by atoms with Crippen LogP contribution in [0.1, 0.15) is 6.92 Å². The van der Waals surface area contributed by atoms with Crippen LogP contribution in [0.5, 0.6) is 5.75 Å². The maximum atomic E-state index is 13.0. The van der Waals surface area contributed by atoms with Gasteiger partial charge in [-0.15, -0.1) is 0 Å². The highest BCUT2D eigenvalue weighted by Crippen LogP contribution is 2.31. The summed E-state index contributed by atoms with van der Waals surface area (Å²) in [6, 6.07) is 7.32. The van der Waals surface area contributed by atoms with Crippen molar-refractivity contribution in [3.63, 3.8) is 0 Å². The van der Waals surface area contributed by atoms with E-state index < -0.39 is 22.8 Å². The number of carbonyl (C=O) groups is 1.